The smallest absolute Gasteiger partial charge is 0.308 e. The molecule has 1 unspecified atom stereocenters. The molecule has 0 aliphatic rings. The highest BCUT2D eigenvalue weighted by molar-refractivity contribution is 5.77. The van der Waals surface area contributed by atoms with Crippen LogP contribution in [0.1, 0.15) is 18.9 Å². The van der Waals surface area contributed by atoms with Gasteiger partial charge in [0.1, 0.15) is 5.75 Å². The minimum Gasteiger partial charge on any atom is -0.497 e. The molecular formula is C15H21NO4. The first-order valence-electron chi connectivity index (χ1n) is 6.53. The number of nitrogens with zero attached hydrogens (tertiary/aromatic N) is 1. The summed E-state index contributed by atoms with van der Waals surface area (Å²) in [5.74, 6) is -0.734. The van der Waals surface area contributed by atoms with Crippen LogP contribution in [0.3, 0.4) is 0 Å². The molecule has 1 aromatic rings. The average molecular weight is 279 g/mol. The monoisotopic (exact) mass is 279 g/mol. The molecule has 1 rings (SSSR count). The Kier molecular flexibility index (Phi) is 6.03. The summed E-state index contributed by atoms with van der Waals surface area (Å²) in [6.45, 7) is 1.82. The van der Waals surface area contributed by atoms with Gasteiger partial charge in [0.2, 0.25) is 5.91 Å². The third-order valence-electron chi connectivity index (χ3n) is 3.16. The molecule has 1 aromatic carbocycles. The van der Waals surface area contributed by atoms with Gasteiger partial charge < -0.3 is 14.7 Å². The van der Waals surface area contributed by atoms with E-state index in [4.69, 9.17) is 9.84 Å². The number of hydrogen-bond donors (Lipinski definition) is 1. The molecule has 0 heterocycles. The summed E-state index contributed by atoms with van der Waals surface area (Å²) in [5.41, 5.74) is 1.03. The lowest BCUT2D eigenvalue weighted by atomic mass is 10.1. The predicted octanol–water partition coefficient (Wildman–Crippen LogP) is 1.81. The maximum atomic E-state index is 11.9. The Hall–Kier alpha value is -2.04. The molecule has 0 aromatic heterocycles. The maximum absolute atomic E-state index is 11.9. The molecule has 1 amide bonds. The lowest BCUT2D eigenvalue weighted by Gasteiger charge is -2.19. The number of ether oxygens (including phenoxy) is 1. The lowest BCUT2D eigenvalue weighted by molar-refractivity contribution is -0.142. The van der Waals surface area contributed by atoms with Crippen LogP contribution in [0.4, 0.5) is 0 Å². The second kappa shape index (κ2) is 7.53. The molecule has 5 heteroatoms. The Morgan fingerprint density at radius 2 is 2.10 bits per heavy atom. The largest absolute Gasteiger partial charge is 0.497 e. The predicted molar refractivity (Wildman–Crippen MR) is 75.8 cm³/mol. The SMILES string of the molecule is COc1cccc(CCC(=O)N(C)CC(C)C(=O)O)c1. The van der Waals surface area contributed by atoms with Crippen molar-refractivity contribution in [3.63, 3.8) is 0 Å². The van der Waals surface area contributed by atoms with Crippen molar-refractivity contribution in [2.45, 2.75) is 19.8 Å². The molecule has 0 saturated heterocycles. The third-order valence-corrected chi connectivity index (χ3v) is 3.16. The molecule has 0 aliphatic heterocycles. The van der Waals surface area contributed by atoms with Gasteiger partial charge >= 0.3 is 5.97 Å². The number of rotatable bonds is 7. The Morgan fingerprint density at radius 1 is 1.40 bits per heavy atom. The van der Waals surface area contributed by atoms with Gasteiger partial charge in [0, 0.05) is 20.0 Å². The number of benzene rings is 1. The van der Waals surface area contributed by atoms with Crippen molar-refractivity contribution in [1.82, 2.24) is 4.90 Å². The molecule has 5 nitrogen and oxygen atoms in total. The van der Waals surface area contributed by atoms with Gasteiger partial charge in [-0.1, -0.05) is 19.1 Å². The van der Waals surface area contributed by atoms with Crippen LogP contribution in [0, 0.1) is 5.92 Å². The summed E-state index contributed by atoms with van der Waals surface area (Å²) in [5, 5.41) is 8.83. The van der Waals surface area contributed by atoms with Gasteiger partial charge in [-0.2, -0.15) is 0 Å². The minimum atomic E-state index is -0.891. The number of methoxy groups -OCH3 is 1. The normalized spacial score (nSPS) is 11.8. The number of carbonyl (C=O) groups excluding carboxylic acids is 1. The molecule has 1 atom stereocenters. The number of amides is 1. The molecule has 0 fully saturated rings. The van der Waals surface area contributed by atoms with E-state index in [1.807, 2.05) is 24.3 Å². The summed E-state index contributed by atoms with van der Waals surface area (Å²) < 4.78 is 5.13. The first kappa shape index (κ1) is 16.0. The molecule has 0 aliphatic carbocycles. The van der Waals surface area contributed by atoms with Crippen molar-refractivity contribution >= 4 is 11.9 Å². The zero-order valence-corrected chi connectivity index (χ0v) is 12.1. The molecule has 0 bridgehead atoms. The zero-order chi connectivity index (χ0) is 15.1. The maximum Gasteiger partial charge on any atom is 0.308 e. The standard InChI is InChI=1S/C15H21NO4/c1-11(15(18)19)10-16(2)14(17)8-7-12-5-4-6-13(9-12)20-3/h4-6,9,11H,7-8,10H2,1-3H3,(H,18,19). The van der Waals surface area contributed by atoms with Crippen LogP contribution in [0.15, 0.2) is 24.3 Å². The van der Waals surface area contributed by atoms with Crippen LogP contribution < -0.4 is 4.74 Å². The third kappa shape index (κ3) is 4.91. The molecular weight excluding hydrogens is 258 g/mol. The second-order valence-corrected chi connectivity index (χ2v) is 4.87. The number of aliphatic carboxylic acids is 1. The van der Waals surface area contributed by atoms with Gasteiger partial charge in [-0.3, -0.25) is 9.59 Å². The quantitative estimate of drug-likeness (QED) is 0.826. The van der Waals surface area contributed by atoms with Gasteiger partial charge in [-0.15, -0.1) is 0 Å². The van der Waals surface area contributed by atoms with E-state index in [1.54, 1.807) is 21.1 Å². The van der Waals surface area contributed by atoms with Crippen LogP contribution in [-0.2, 0) is 16.0 Å². The van der Waals surface area contributed by atoms with Crippen LogP contribution >= 0.6 is 0 Å². The van der Waals surface area contributed by atoms with Crippen molar-refractivity contribution in [2.75, 3.05) is 20.7 Å². The first-order valence-corrected chi connectivity index (χ1v) is 6.53. The van der Waals surface area contributed by atoms with Crippen LogP contribution in [-0.4, -0.2) is 42.6 Å². The van der Waals surface area contributed by atoms with Crippen LogP contribution in [0.2, 0.25) is 0 Å². The second-order valence-electron chi connectivity index (χ2n) is 4.87. The summed E-state index contributed by atoms with van der Waals surface area (Å²) in [6, 6.07) is 7.57. The summed E-state index contributed by atoms with van der Waals surface area (Å²) >= 11 is 0. The summed E-state index contributed by atoms with van der Waals surface area (Å²) in [6.07, 6.45) is 0.970. The molecule has 20 heavy (non-hydrogen) atoms. The van der Waals surface area contributed by atoms with E-state index in [9.17, 15) is 9.59 Å². The van der Waals surface area contributed by atoms with Gasteiger partial charge in [0.25, 0.3) is 0 Å². The Morgan fingerprint density at radius 3 is 2.70 bits per heavy atom. The molecule has 110 valence electrons. The number of carboxylic acids is 1. The van der Waals surface area contributed by atoms with Crippen molar-refractivity contribution < 1.29 is 19.4 Å². The Labute approximate surface area is 119 Å². The van der Waals surface area contributed by atoms with Crippen molar-refractivity contribution in [1.29, 1.82) is 0 Å². The first-order chi connectivity index (χ1) is 9.43. The molecule has 0 spiro atoms. The zero-order valence-electron chi connectivity index (χ0n) is 12.1. The van der Waals surface area contributed by atoms with Crippen molar-refractivity contribution in [3.8, 4) is 5.75 Å². The Balaban J connectivity index is 2.47. The fourth-order valence-corrected chi connectivity index (χ4v) is 1.86. The fourth-order valence-electron chi connectivity index (χ4n) is 1.86. The van der Waals surface area contributed by atoms with Gasteiger partial charge in [0.05, 0.1) is 13.0 Å². The van der Waals surface area contributed by atoms with Crippen LogP contribution in [0.5, 0.6) is 5.75 Å². The lowest BCUT2D eigenvalue weighted by Crippen LogP contribution is -2.33. The van der Waals surface area contributed by atoms with E-state index in [0.29, 0.717) is 12.8 Å². The number of aryl methyl sites for hydroxylation is 1. The summed E-state index contributed by atoms with van der Waals surface area (Å²) in [4.78, 5) is 24.2. The van der Waals surface area contributed by atoms with E-state index in [2.05, 4.69) is 0 Å². The van der Waals surface area contributed by atoms with E-state index >= 15 is 0 Å². The minimum absolute atomic E-state index is 0.0547. The summed E-state index contributed by atoms with van der Waals surface area (Å²) in [7, 11) is 3.23. The molecule has 1 N–H and O–H groups in total. The highest BCUT2D eigenvalue weighted by Crippen LogP contribution is 2.14. The van der Waals surface area contributed by atoms with Gasteiger partial charge in [0.15, 0.2) is 0 Å². The average Bonchev–Trinajstić information content (AvgIpc) is 2.44. The van der Waals surface area contributed by atoms with E-state index < -0.39 is 11.9 Å². The number of hydrogen-bond acceptors (Lipinski definition) is 3. The van der Waals surface area contributed by atoms with Gasteiger partial charge in [-0.25, -0.2) is 0 Å². The molecule has 0 radical (unpaired) electrons. The van der Waals surface area contributed by atoms with Gasteiger partial charge in [-0.05, 0) is 24.1 Å². The van der Waals surface area contributed by atoms with Crippen molar-refractivity contribution in [3.05, 3.63) is 29.8 Å². The van der Waals surface area contributed by atoms with E-state index in [1.165, 1.54) is 4.90 Å². The highest BCUT2D eigenvalue weighted by Gasteiger charge is 2.17. The van der Waals surface area contributed by atoms with E-state index in [-0.39, 0.29) is 12.5 Å². The number of carbonyl (C=O) groups is 2. The number of carboxylic acid groups (broad SMARTS) is 1. The van der Waals surface area contributed by atoms with Crippen LogP contribution in [0.25, 0.3) is 0 Å². The Bertz CT molecular complexity index is 473. The van der Waals surface area contributed by atoms with E-state index in [0.717, 1.165) is 11.3 Å². The highest BCUT2D eigenvalue weighted by atomic mass is 16.5. The van der Waals surface area contributed by atoms with Crippen molar-refractivity contribution in [2.24, 2.45) is 5.92 Å². The molecule has 0 saturated carbocycles. The fraction of sp³-hybridized carbons (Fsp3) is 0.467. The topological polar surface area (TPSA) is 66.8 Å².